The van der Waals surface area contributed by atoms with Crippen LogP contribution < -0.4 is 5.32 Å². The van der Waals surface area contributed by atoms with Crippen LogP contribution in [0, 0.1) is 5.82 Å². The first-order chi connectivity index (χ1) is 11.7. The van der Waals surface area contributed by atoms with Crippen LogP contribution in [0.15, 0.2) is 60.9 Å². The molecule has 0 saturated carbocycles. The molecule has 0 aliphatic heterocycles. The smallest absolute Gasteiger partial charge is 0.249 e. The van der Waals surface area contributed by atoms with Crippen LogP contribution in [-0.4, -0.2) is 32.7 Å². The van der Waals surface area contributed by atoms with Crippen LogP contribution in [0.5, 0.6) is 0 Å². The molecule has 0 aliphatic rings. The minimum absolute atomic E-state index is 0.218. The van der Waals surface area contributed by atoms with Crippen LogP contribution in [0.25, 0.3) is 0 Å². The molecule has 6 nitrogen and oxygen atoms in total. The zero-order chi connectivity index (χ0) is 16.8. The van der Waals surface area contributed by atoms with Gasteiger partial charge in [0.1, 0.15) is 12.1 Å². The lowest BCUT2D eigenvalue weighted by Gasteiger charge is -2.16. The van der Waals surface area contributed by atoms with Gasteiger partial charge in [0.2, 0.25) is 5.91 Å². The molecule has 3 rings (SSSR count). The Hall–Kier alpha value is -3.09. The molecule has 0 saturated heterocycles. The van der Waals surface area contributed by atoms with E-state index in [9.17, 15) is 9.18 Å². The van der Waals surface area contributed by atoms with E-state index in [1.165, 1.54) is 23.1 Å². The van der Waals surface area contributed by atoms with Crippen LogP contribution in [0.1, 0.15) is 17.2 Å². The van der Waals surface area contributed by atoms with E-state index < -0.39 is 6.04 Å². The number of hydrogen-bond acceptors (Lipinski definition) is 4. The van der Waals surface area contributed by atoms with Crippen molar-refractivity contribution < 1.29 is 9.18 Å². The van der Waals surface area contributed by atoms with Gasteiger partial charge in [0.25, 0.3) is 0 Å². The second-order valence-corrected chi connectivity index (χ2v) is 5.27. The zero-order valence-corrected chi connectivity index (χ0v) is 12.8. The number of tetrazole rings is 1. The summed E-state index contributed by atoms with van der Waals surface area (Å²) in [6, 6.07) is 15.0. The van der Waals surface area contributed by atoms with Crippen LogP contribution in [-0.2, 0) is 11.2 Å². The number of nitrogens with zero attached hydrogens (tertiary/aromatic N) is 4. The molecule has 1 heterocycles. The van der Waals surface area contributed by atoms with E-state index in [0.29, 0.717) is 13.0 Å². The average Bonchev–Trinajstić information content (AvgIpc) is 3.10. The molecule has 0 unspecified atom stereocenters. The summed E-state index contributed by atoms with van der Waals surface area (Å²) in [4.78, 5) is 12.6. The minimum Gasteiger partial charge on any atom is -0.354 e. The van der Waals surface area contributed by atoms with Crippen molar-refractivity contribution in [2.45, 2.75) is 12.5 Å². The SMILES string of the molecule is O=C(NCCc1cccc(F)c1)[C@@H](c1ccccc1)n1cnnn1. The molecule has 1 N–H and O–H groups in total. The molecule has 1 aromatic heterocycles. The van der Waals surface area contributed by atoms with Gasteiger partial charge < -0.3 is 5.32 Å². The largest absolute Gasteiger partial charge is 0.354 e. The van der Waals surface area contributed by atoms with E-state index >= 15 is 0 Å². The Kier molecular flexibility index (Phi) is 4.90. The molecule has 0 radical (unpaired) electrons. The minimum atomic E-state index is -0.645. The predicted octanol–water partition coefficient (Wildman–Crippen LogP) is 1.76. The molecule has 1 amide bonds. The summed E-state index contributed by atoms with van der Waals surface area (Å²) in [6.45, 7) is 0.397. The number of carbonyl (C=O) groups excluding carboxylic acids is 1. The maximum absolute atomic E-state index is 13.2. The molecule has 0 bridgehead atoms. The number of halogens is 1. The van der Waals surface area contributed by atoms with Gasteiger partial charge in [-0.3, -0.25) is 4.79 Å². The van der Waals surface area contributed by atoms with E-state index in [2.05, 4.69) is 20.8 Å². The number of benzene rings is 2. The summed E-state index contributed by atoms with van der Waals surface area (Å²) in [6.07, 6.45) is 1.95. The highest BCUT2D eigenvalue weighted by atomic mass is 19.1. The van der Waals surface area contributed by atoms with Crippen molar-refractivity contribution in [1.82, 2.24) is 25.5 Å². The third-order valence-corrected chi connectivity index (χ3v) is 3.60. The summed E-state index contributed by atoms with van der Waals surface area (Å²) in [5.41, 5.74) is 1.61. The standard InChI is InChI=1S/C17H16FN5O/c18-15-8-4-5-13(11-15)9-10-19-17(24)16(23-12-20-21-22-23)14-6-2-1-3-7-14/h1-8,11-12,16H,9-10H2,(H,19,24)/t16-/m1/s1. The van der Waals surface area contributed by atoms with Crippen molar-refractivity contribution in [2.24, 2.45) is 0 Å². The number of hydrogen-bond donors (Lipinski definition) is 1. The summed E-state index contributed by atoms with van der Waals surface area (Å²) in [7, 11) is 0. The van der Waals surface area contributed by atoms with E-state index in [1.807, 2.05) is 36.4 Å². The first kappa shape index (κ1) is 15.8. The van der Waals surface area contributed by atoms with Gasteiger partial charge in [-0.25, -0.2) is 9.07 Å². The Labute approximate surface area is 138 Å². The second-order valence-electron chi connectivity index (χ2n) is 5.27. The maximum atomic E-state index is 13.2. The third-order valence-electron chi connectivity index (χ3n) is 3.60. The van der Waals surface area contributed by atoms with Crippen molar-refractivity contribution in [3.8, 4) is 0 Å². The van der Waals surface area contributed by atoms with Crippen molar-refractivity contribution in [3.05, 3.63) is 77.9 Å². The van der Waals surface area contributed by atoms with Crippen molar-refractivity contribution >= 4 is 5.91 Å². The Morgan fingerprint density at radius 1 is 1.17 bits per heavy atom. The zero-order valence-electron chi connectivity index (χ0n) is 12.8. The first-order valence-electron chi connectivity index (χ1n) is 7.53. The molecular formula is C17H16FN5O. The highest BCUT2D eigenvalue weighted by Crippen LogP contribution is 2.16. The Morgan fingerprint density at radius 2 is 2.00 bits per heavy atom. The van der Waals surface area contributed by atoms with Gasteiger partial charge in [-0.1, -0.05) is 42.5 Å². The molecular weight excluding hydrogens is 309 g/mol. The van der Waals surface area contributed by atoms with Crippen LogP contribution >= 0.6 is 0 Å². The fourth-order valence-corrected chi connectivity index (χ4v) is 2.47. The number of amides is 1. The predicted molar refractivity (Wildman–Crippen MR) is 85.5 cm³/mol. The monoisotopic (exact) mass is 325 g/mol. The molecule has 7 heteroatoms. The third kappa shape index (κ3) is 3.81. The Balaban J connectivity index is 1.68. The lowest BCUT2D eigenvalue weighted by molar-refractivity contribution is -0.123. The molecule has 24 heavy (non-hydrogen) atoms. The van der Waals surface area contributed by atoms with Gasteiger partial charge in [-0.15, -0.1) is 5.10 Å². The number of carbonyl (C=O) groups is 1. The number of nitrogens with one attached hydrogen (secondary N) is 1. The lowest BCUT2D eigenvalue weighted by Crippen LogP contribution is -2.34. The molecule has 122 valence electrons. The van der Waals surface area contributed by atoms with E-state index in [0.717, 1.165) is 11.1 Å². The van der Waals surface area contributed by atoms with Crippen molar-refractivity contribution in [1.29, 1.82) is 0 Å². The van der Waals surface area contributed by atoms with E-state index in [-0.39, 0.29) is 11.7 Å². The summed E-state index contributed by atoms with van der Waals surface area (Å²) in [5, 5.41) is 13.9. The quantitative estimate of drug-likeness (QED) is 0.749. The Bertz CT molecular complexity index is 792. The van der Waals surface area contributed by atoms with Crippen LogP contribution in [0.4, 0.5) is 4.39 Å². The normalized spacial score (nSPS) is 11.9. The van der Waals surface area contributed by atoms with Crippen molar-refractivity contribution in [3.63, 3.8) is 0 Å². The van der Waals surface area contributed by atoms with Crippen molar-refractivity contribution in [2.75, 3.05) is 6.54 Å². The lowest BCUT2D eigenvalue weighted by atomic mass is 10.1. The van der Waals surface area contributed by atoms with E-state index in [4.69, 9.17) is 0 Å². The fourth-order valence-electron chi connectivity index (χ4n) is 2.47. The summed E-state index contributed by atoms with van der Waals surface area (Å²) >= 11 is 0. The molecule has 2 aromatic carbocycles. The van der Waals surface area contributed by atoms with Gasteiger partial charge in [-0.2, -0.15) is 0 Å². The first-order valence-corrected chi connectivity index (χ1v) is 7.53. The molecule has 0 spiro atoms. The molecule has 0 aliphatic carbocycles. The number of aromatic nitrogens is 4. The summed E-state index contributed by atoms with van der Waals surface area (Å²) in [5.74, 6) is -0.500. The topological polar surface area (TPSA) is 72.7 Å². The molecule has 3 aromatic rings. The highest BCUT2D eigenvalue weighted by molar-refractivity contribution is 5.83. The fraction of sp³-hybridized carbons (Fsp3) is 0.176. The Morgan fingerprint density at radius 3 is 2.71 bits per heavy atom. The van der Waals surface area contributed by atoms with Gasteiger partial charge in [0.05, 0.1) is 0 Å². The van der Waals surface area contributed by atoms with Gasteiger partial charge >= 0.3 is 0 Å². The number of rotatable bonds is 6. The van der Waals surface area contributed by atoms with Gasteiger partial charge in [-0.05, 0) is 40.1 Å². The van der Waals surface area contributed by atoms with E-state index in [1.54, 1.807) is 6.07 Å². The highest BCUT2D eigenvalue weighted by Gasteiger charge is 2.23. The average molecular weight is 325 g/mol. The van der Waals surface area contributed by atoms with Crippen LogP contribution in [0.3, 0.4) is 0 Å². The van der Waals surface area contributed by atoms with Gasteiger partial charge in [0.15, 0.2) is 6.04 Å². The van der Waals surface area contributed by atoms with Gasteiger partial charge in [0, 0.05) is 6.54 Å². The summed E-state index contributed by atoms with van der Waals surface area (Å²) < 4.78 is 14.6. The maximum Gasteiger partial charge on any atom is 0.249 e. The molecule has 1 atom stereocenters. The molecule has 0 fully saturated rings. The van der Waals surface area contributed by atoms with Crippen LogP contribution in [0.2, 0.25) is 0 Å². The second kappa shape index (κ2) is 7.45.